The van der Waals surface area contributed by atoms with Crippen molar-refractivity contribution in [1.82, 2.24) is 10.4 Å². The van der Waals surface area contributed by atoms with E-state index in [0.29, 0.717) is 11.3 Å². The Labute approximate surface area is 92.2 Å². The molecule has 5 heteroatoms. The van der Waals surface area contributed by atoms with Crippen LogP contribution >= 0.6 is 0 Å². The fraction of sp³-hybridized carbons (Fsp3) is 0.0909. The second kappa shape index (κ2) is 4.48. The summed E-state index contributed by atoms with van der Waals surface area (Å²) in [5.74, 6) is 0.293. The normalized spacial score (nSPS) is 10.8. The van der Waals surface area contributed by atoms with Crippen molar-refractivity contribution in [3.05, 3.63) is 47.7 Å². The van der Waals surface area contributed by atoms with Crippen LogP contribution in [0.3, 0.4) is 0 Å². The summed E-state index contributed by atoms with van der Waals surface area (Å²) in [4.78, 5) is 14.5. The summed E-state index contributed by atoms with van der Waals surface area (Å²) in [6, 6.07) is 5.30. The van der Waals surface area contributed by atoms with Gasteiger partial charge in [-0.3, -0.25) is 4.79 Å². The standard InChI is InChI=1S/C11H11N3O2/c1-8-10(4-6-16-8)11(15)14-13-7-9-3-2-5-12-9/h2-7,12H,1H3,(H,14,15)/b13-7+. The van der Waals surface area contributed by atoms with Crippen LogP contribution in [-0.2, 0) is 0 Å². The van der Waals surface area contributed by atoms with Crippen LogP contribution in [-0.4, -0.2) is 17.1 Å². The van der Waals surface area contributed by atoms with Gasteiger partial charge in [0.05, 0.1) is 23.7 Å². The zero-order valence-corrected chi connectivity index (χ0v) is 8.73. The van der Waals surface area contributed by atoms with Crippen molar-refractivity contribution in [2.45, 2.75) is 6.92 Å². The summed E-state index contributed by atoms with van der Waals surface area (Å²) in [5, 5.41) is 3.81. The lowest BCUT2D eigenvalue weighted by Crippen LogP contribution is -2.17. The molecule has 16 heavy (non-hydrogen) atoms. The molecule has 0 aliphatic rings. The van der Waals surface area contributed by atoms with Crippen molar-refractivity contribution in [3.63, 3.8) is 0 Å². The summed E-state index contributed by atoms with van der Waals surface area (Å²) < 4.78 is 5.02. The number of aromatic amines is 1. The predicted octanol–water partition coefficient (Wildman–Crippen LogP) is 1.68. The van der Waals surface area contributed by atoms with E-state index in [2.05, 4.69) is 15.5 Å². The Kier molecular flexibility index (Phi) is 2.86. The first-order valence-corrected chi connectivity index (χ1v) is 4.78. The Morgan fingerprint density at radius 2 is 2.44 bits per heavy atom. The molecular formula is C11H11N3O2. The molecule has 0 saturated heterocycles. The van der Waals surface area contributed by atoms with E-state index < -0.39 is 0 Å². The molecule has 0 fully saturated rings. The van der Waals surface area contributed by atoms with Gasteiger partial charge < -0.3 is 9.40 Å². The number of aryl methyl sites for hydroxylation is 1. The van der Waals surface area contributed by atoms with E-state index in [1.165, 1.54) is 12.5 Å². The molecule has 0 saturated carbocycles. The second-order valence-electron chi connectivity index (χ2n) is 3.22. The van der Waals surface area contributed by atoms with Gasteiger partial charge in [0.2, 0.25) is 0 Å². The van der Waals surface area contributed by atoms with E-state index in [1.807, 2.05) is 12.1 Å². The number of hydrazone groups is 1. The molecule has 0 spiro atoms. The van der Waals surface area contributed by atoms with Gasteiger partial charge in [-0.15, -0.1) is 0 Å². The quantitative estimate of drug-likeness (QED) is 0.606. The molecule has 2 aromatic heterocycles. The third kappa shape index (κ3) is 2.20. The van der Waals surface area contributed by atoms with Gasteiger partial charge in [-0.05, 0) is 25.1 Å². The van der Waals surface area contributed by atoms with Crippen molar-refractivity contribution in [3.8, 4) is 0 Å². The van der Waals surface area contributed by atoms with Crippen LogP contribution in [0.25, 0.3) is 0 Å². The van der Waals surface area contributed by atoms with Crippen molar-refractivity contribution in [1.29, 1.82) is 0 Å². The first-order chi connectivity index (χ1) is 7.77. The van der Waals surface area contributed by atoms with Gasteiger partial charge in [0.25, 0.3) is 5.91 Å². The summed E-state index contributed by atoms with van der Waals surface area (Å²) >= 11 is 0. The van der Waals surface area contributed by atoms with Crippen LogP contribution in [0.15, 0.2) is 40.2 Å². The Bertz CT molecular complexity index is 497. The third-order valence-electron chi connectivity index (χ3n) is 2.10. The Morgan fingerprint density at radius 1 is 1.56 bits per heavy atom. The van der Waals surface area contributed by atoms with Crippen molar-refractivity contribution in [2.24, 2.45) is 5.10 Å². The first kappa shape index (κ1) is 10.2. The van der Waals surface area contributed by atoms with E-state index in [9.17, 15) is 4.79 Å². The fourth-order valence-corrected chi connectivity index (χ4v) is 1.27. The fourth-order valence-electron chi connectivity index (χ4n) is 1.27. The molecule has 2 aromatic rings. The van der Waals surface area contributed by atoms with Crippen LogP contribution < -0.4 is 5.43 Å². The average molecular weight is 217 g/mol. The number of hydrogen-bond donors (Lipinski definition) is 2. The van der Waals surface area contributed by atoms with E-state index in [4.69, 9.17) is 4.42 Å². The van der Waals surface area contributed by atoms with Gasteiger partial charge in [-0.25, -0.2) is 5.43 Å². The van der Waals surface area contributed by atoms with Crippen LogP contribution in [0, 0.1) is 6.92 Å². The van der Waals surface area contributed by atoms with Gasteiger partial charge in [0, 0.05) is 6.20 Å². The smallest absolute Gasteiger partial charge is 0.274 e. The summed E-state index contributed by atoms with van der Waals surface area (Å²) in [6.07, 6.45) is 4.79. The maximum atomic E-state index is 11.6. The molecule has 0 aliphatic carbocycles. The number of nitrogens with one attached hydrogen (secondary N) is 2. The average Bonchev–Trinajstić information content (AvgIpc) is 2.88. The Balaban J connectivity index is 1.97. The number of aromatic nitrogens is 1. The van der Waals surface area contributed by atoms with Gasteiger partial charge in [-0.2, -0.15) is 5.10 Å². The minimum Gasteiger partial charge on any atom is -0.469 e. The summed E-state index contributed by atoms with van der Waals surface area (Å²) in [7, 11) is 0. The molecule has 82 valence electrons. The number of carbonyl (C=O) groups is 1. The Hall–Kier alpha value is -2.30. The third-order valence-corrected chi connectivity index (χ3v) is 2.10. The summed E-state index contributed by atoms with van der Waals surface area (Å²) in [6.45, 7) is 1.73. The zero-order valence-electron chi connectivity index (χ0n) is 8.73. The molecule has 0 aromatic carbocycles. The van der Waals surface area contributed by atoms with Crippen LogP contribution in [0.5, 0.6) is 0 Å². The highest BCUT2D eigenvalue weighted by atomic mass is 16.3. The maximum Gasteiger partial charge on any atom is 0.274 e. The zero-order chi connectivity index (χ0) is 11.4. The van der Waals surface area contributed by atoms with Crippen molar-refractivity contribution < 1.29 is 9.21 Å². The molecule has 0 unspecified atom stereocenters. The van der Waals surface area contributed by atoms with E-state index >= 15 is 0 Å². The van der Waals surface area contributed by atoms with E-state index in [1.54, 1.807) is 19.2 Å². The van der Waals surface area contributed by atoms with Crippen molar-refractivity contribution in [2.75, 3.05) is 0 Å². The predicted molar refractivity (Wildman–Crippen MR) is 59.3 cm³/mol. The number of rotatable bonds is 3. The minimum absolute atomic E-state index is 0.283. The van der Waals surface area contributed by atoms with Gasteiger partial charge >= 0.3 is 0 Å². The van der Waals surface area contributed by atoms with E-state index in [-0.39, 0.29) is 5.91 Å². The number of furan rings is 1. The molecule has 0 radical (unpaired) electrons. The number of carbonyl (C=O) groups excluding carboxylic acids is 1. The topological polar surface area (TPSA) is 70.4 Å². The molecule has 0 bridgehead atoms. The SMILES string of the molecule is Cc1occc1C(=O)N/N=C/c1ccc[nH]1. The molecular weight excluding hydrogens is 206 g/mol. The lowest BCUT2D eigenvalue weighted by molar-refractivity contribution is 0.0953. The maximum absolute atomic E-state index is 11.6. The van der Waals surface area contributed by atoms with Gasteiger partial charge in [0.15, 0.2) is 0 Å². The largest absolute Gasteiger partial charge is 0.469 e. The molecule has 2 N–H and O–H groups in total. The highest BCUT2D eigenvalue weighted by Crippen LogP contribution is 2.07. The lowest BCUT2D eigenvalue weighted by Gasteiger charge is -1.96. The lowest BCUT2D eigenvalue weighted by atomic mass is 10.2. The molecule has 0 aliphatic heterocycles. The highest BCUT2D eigenvalue weighted by molar-refractivity contribution is 5.95. The molecule has 2 rings (SSSR count). The Morgan fingerprint density at radius 3 is 3.06 bits per heavy atom. The van der Waals surface area contributed by atoms with Crippen LogP contribution in [0.2, 0.25) is 0 Å². The monoisotopic (exact) mass is 217 g/mol. The molecule has 2 heterocycles. The second-order valence-corrected chi connectivity index (χ2v) is 3.22. The number of nitrogens with zero attached hydrogens (tertiary/aromatic N) is 1. The van der Waals surface area contributed by atoms with E-state index in [0.717, 1.165) is 5.69 Å². The van der Waals surface area contributed by atoms with Crippen LogP contribution in [0.4, 0.5) is 0 Å². The number of hydrogen-bond acceptors (Lipinski definition) is 3. The number of amides is 1. The van der Waals surface area contributed by atoms with Gasteiger partial charge in [-0.1, -0.05) is 0 Å². The van der Waals surface area contributed by atoms with Crippen molar-refractivity contribution >= 4 is 12.1 Å². The van der Waals surface area contributed by atoms with Gasteiger partial charge in [0.1, 0.15) is 5.76 Å². The number of H-pyrrole nitrogens is 1. The summed E-state index contributed by atoms with van der Waals surface area (Å²) in [5.41, 5.74) is 3.73. The minimum atomic E-state index is -0.283. The van der Waals surface area contributed by atoms with Crippen LogP contribution in [0.1, 0.15) is 21.8 Å². The first-order valence-electron chi connectivity index (χ1n) is 4.78. The molecule has 5 nitrogen and oxygen atoms in total. The molecule has 0 atom stereocenters. The highest BCUT2D eigenvalue weighted by Gasteiger charge is 2.09. The molecule has 1 amide bonds.